The highest BCUT2D eigenvalue weighted by Gasteiger charge is 2.25. The summed E-state index contributed by atoms with van der Waals surface area (Å²) < 4.78 is 5.19. The number of rotatable bonds is 4. The van der Waals surface area contributed by atoms with Gasteiger partial charge in [-0.15, -0.1) is 11.3 Å². The van der Waals surface area contributed by atoms with Crippen molar-refractivity contribution in [1.29, 1.82) is 0 Å². The predicted molar refractivity (Wildman–Crippen MR) is 92.2 cm³/mol. The fourth-order valence-electron chi connectivity index (χ4n) is 2.59. The van der Waals surface area contributed by atoms with Crippen LogP contribution in [0, 0.1) is 5.92 Å². The molecule has 3 amide bonds. The third-order valence-corrected chi connectivity index (χ3v) is 5.06. The van der Waals surface area contributed by atoms with Gasteiger partial charge in [0, 0.05) is 10.9 Å². The Labute approximate surface area is 146 Å². The SMILES string of the molecule is CC(C)NC(=O)NC(=O)[C@H](C)OC(=O)c1cc2c(s1)CC[C@@H](C)C2. The molecule has 0 radical (unpaired) electrons. The van der Waals surface area contributed by atoms with Crippen LogP contribution in [-0.2, 0) is 22.4 Å². The molecule has 2 atom stereocenters. The summed E-state index contributed by atoms with van der Waals surface area (Å²) in [6.45, 7) is 7.22. The van der Waals surface area contributed by atoms with Gasteiger partial charge in [0.25, 0.3) is 5.91 Å². The van der Waals surface area contributed by atoms with Crippen LogP contribution in [0.25, 0.3) is 0 Å². The van der Waals surface area contributed by atoms with Crippen LogP contribution in [0.15, 0.2) is 6.07 Å². The number of carbonyl (C=O) groups excluding carboxylic acids is 3. The second kappa shape index (κ2) is 7.79. The molecule has 1 heterocycles. The highest BCUT2D eigenvalue weighted by atomic mass is 32.1. The summed E-state index contributed by atoms with van der Waals surface area (Å²) in [4.78, 5) is 37.4. The van der Waals surface area contributed by atoms with Crippen LogP contribution in [0.5, 0.6) is 0 Å². The molecule has 0 unspecified atom stereocenters. The Balaban J connectivity index is 1.92. The van der Waals surface area contributed by atoms with Gasteiger partial charge < -0.3 is 10.1 Å². The van der Waals surface area contributed by atoms with Crippen molar-refractivity contribution in [3.63, 3.8) is 0 Å². The number of amides is 3. The molecule has 6 nitrogen and oxygen atoms in total. The third kappa shape index (κ3) is 4.80. The number of hydrogen-bond acceptors (Lipinski definition) is 5. The van der Waals surface area contributed by atoms with Crippen LogP contribution >= 0.6 is 11.3 Å². The molecule has 0 aromatic carbocycles. The van der Waals surface area contributed by atoms with E-state index in [1.54, 1.807) is 13.8 Å². The van der Waals surface area contributed by atoms with E-state index in [9.17, 15) is 14.4 Å². The Bertz CT molecular complexity index is 639. The minimum Gasteiger partial charge on any atom is -0.448 e. The maximum absolute atomic E-state index is 12.2. The molecule has 0 spiro atoms. The van der Waals surface area contributed by atoms with E-state index in [0.29, 0.717) is 10.8 Å². The highest BCUT2D eigenvalue weighted by Crippen LogP contribution is 2.32. The molecule has 0 aliphatic heterocycles. The fraction of sp³-hybridized carbons (Fsp3) is 0.588. The summed E-state index contributed by atoms with van der Waals surface area (Å²) >= 11 is 1.44. The highest BCUT2D eigenvalue weighted by molar-refractivity contribution is 7.14. The second-order valence-electron chi connectivity index (χ2n) is 6.57. The number of fused-ring (bicyclic) bond motifs is 1. The molecule has 0 saturated carbocycles. The number of ether oxygens (including phenoxy) is 1. The van der Waals surface area contributed by atoms with Crippen LogP contribution in [-0.4, -0.2) is 30.1 Å². The van der Waals surface area contributed by atoms with Gasteiger partial charge in [0.05, 0.1) is 0 Å². The predicted octanol–water partition coefficient (Wildman–Crippen LogP) is 2.65. The molecule has 1 aromatic rings. The standard InChI is InChI=1S/C17H24N2O4S/c1-9(2)18-17(22)19-15(20)11(4)23-16(21)14-8-12-7-10(3)5-6-13(12)24-14/h8-11H,5-7H2,1-4H3,(H2,18,19,20,22)/t10-,11+/m1/s1. The van der Waals surface area contributed by atoms with Gasteiger partial charge in [-0.25, -0.2) is 9.59 Å². The molecule has 0 saturated heterocycles. The Kier molecular flexibility index (Phi) is 5.99. The lowest BCUT2D eigenvalue weighted by Gasteiger charge is -2.16. The number of imide groups is 1. The molecule has 2 N–H and O–H groups in total. The lowest BCUT2D eigenvalue weighted by atomic mass is 9.90. The zero-order chi connectivity index (χ0) is 17.9. The van der Waals surface area contributed by atoms with Gasteiger partial charge in [-0.1, -0.05) is 6.92 Å². The first-order chi connectivity index (χ1) is 11.3. The van der Waals surface area contributed by atoms with E-state index < -0.39 is 24.0 Å². The Hall–Kier alpha value is -1.89. The van der Waals surface area contributed by atoms with E-state index in [0.717, 1.165) is 19.3 Å². The van der Waals surface area contributed by atoms with Gasteiger partial charge in [0.15, 0.2) is 6.10 Å². The quantitative estimate of drug-likeness (QED) is 0.816. The monoisotopic (exact) mass is 352 g/mol. The number of aryl methyl sites for hydroxylation is 1. The summed E-state index contributed by atoms with van der Waals surface area (Å²) in [5.41, 5.74) is 1.21. The Morgan fingerprint density at radius 1 is 1.29 bits per heavy atom. The normalized spacial score (nSPS) is 17.8. The number of urea groups is 1. The summed E-state index contributed by atoms with van der Waals surface area (Å²) in [5, 5.41) is 4.70. The van der Waals surface area contributed by atoms with Crippen LogP contribution in [0.4, 0.5) is 4.79 Å². The van der Waals surface area contributed by atoms with Gasteiger partial charge in [-0.2, -0.15) is 0 Å². The Morgan fingerprint density at radius 2 is 2.00 bits per heavy atom. The number of carbonyl (C=O) groups is 3. The summed E-state index contributed by atoms with van der Waals surface area (Å²) in [5.74, 6) is -0.537. The fourth-order valence-corrected chi connectivity index (χ4v) is 3.68. The molecule has 0 fully saturated rings. The number of esters is 1. The minimum atomic E-state index is -1.03. The topological polar surface area (TPSA) is 84.5 Å². The van der Waals surface area contributed by atoms with Gasteiger partial charge in [-0.05, 0) is 57.6 Å². The molecule has 2 rings (SSSR count). The maximum Gasteiger partial charge on any atom is 0.349 e. The van der Waals surface area contributed by atoms with Crippen LogP contribution in [0.2, 0.25) is 0 Å². The van der Waals surface area contributed by atoms with Crippen molar-refractivity contribution >= 4 is 29.2 Å². The average molecular weight is 352 g/mol. The van der Waals surface area contributed by atoms with Gasteiger partial charge >= 0.3 is 12.0 Å². The molecule has 0 bridgehead atoms. The van der Waals surface area contributed by atoms with E-state index in [-0.39, 0.29) is 6.04 Å². The van der Waals surface area contributed by atoms with Crippen molar-refractivity contribution in [1.82, 2.24) is 10.6 Å². The van der Waals surface area contributed by atoms with Crippen molar-refractivity contribution < 1.29 is 19.1 Å². The molecular weight excluding hydrogens is 328 g/mol. The van der Waals surface area contributed by atoms with Crippen LogP contribution in [0.1, 0.15) is 54.2 Å². The first-order valence-electron chi connectivity index (χ1n) is 8.20. The van der Waals surface area contributed by atoms with E-state index in [2.05, 4.69) is 17.6 Å². The lowest BCUT2D eigenvalue weighted by molar-refractivity contribution is -0.127. The van der Waals surface area contributed by atoms with Crippen molar-refractivity contribution in [2.75, 3.05) is 0 Å². The average Bonchev–Trinajstić information content (AvgIpc) is 2.89. The van der Waals surface area contributed by atoms with Crippen molar-refractivity contribution in [3.8, 4) is 0 Å². The van der Waals surface area contributed by atoms with E-state index >= 15 is 0 Å². The van der Waals surface area contributed by atoms with Crippen molar-refractivity contribution in [3.05, 3.63) is 21.4 Å². The number of nitrogens with one attached hydrogen (secondary N) is 2. The van der Waals surface area contributed by atoms with Crippen LogP contribution < -0.4 is 10.6 Å². The zero-order valence-electron chi connectivity index (χ0n) is 14.5. The second-order valence-corrected chi connectivity index (χ2v) is 7.71. The van der Waals surface area contributed by atoms with Crippen molar-refractivity contribution in [2.24, 2.45) is 5.92 Å². The molecule has 7 heteroatoms. The molecule has 1 aliphatic rings. The molecule has 24 heavy (non-hydrogen) atoms. The summed E-state index contributed by atoms with van der Waals surface area (Å²) in [6.07, 6.45) is 2.06. The van der Waals surface area contributed by atoms with Gasteiger partial charge in [0.1, 0.15) is 4.88 Å². The van der Waals surface area contributed by atoms with Crippen LogP contribution in [0.3, 0.4) is 0 Å². The third-order valence-electron chi connectivity index (χ3n) is 3.84. The van der Waals surface area contributed by atoms with Crippen molar-refractivity contribution in [2.45, 2.75) is 59.1 Å². The summed E-state index contributed by atoms with van der Waals surface area (Å²) in [7, 11) is 0. The largest absolute Gasteiger partial charge is 0.448 e. The molecule has 132 valence electrons. The Morgan fingerprint density at radius 3 is 2.67 bits per heavy atom. The van der Waals surface area contributed by atoms with Gasteiger partial charge in [-0.3, -0.25) is 10.1 Å². The minimum absolute atomic E-state index is 0.0875. The number of thiophene rings is 1. The smallest absolute Gasteiger partial charge is 0.349 e. The van der Waals surface area contributed by atoms with Gasteiger partial charge in [0.2, 0.25) is 0 Å². The summed E-state index contributed by atoms with van der Waals surface area (Å²) in [6, 6.07) is 1.18. The first-order valence-corrected chi connectivity index (χ1v) is 9.01. The van der Waals surface area contributed by atoms with E-state index in [1.807, 2.05) is 6.07 Å². The lowest BCUT2D eigenvalue weighted by Crippen LogP contribution is -2.46. The number of hydrogen-bond donors (Lipinski definition) is 2. The van der Waals surface area contributed by atoms with E-state index in [1.165, 1.54) is 28.7 Å². The maximum atomic E-state index is 12.2. The molecular formula is C17H24N2O4S. The first kappa shape index (κ1) is 18.4. The molecule has 1 aliphatic carbocycles. The van der Waals surface area contributed by atoms with E-state index in [4.69, 9.17) is 4.74 Å². The zero-order valence-corrected chi connectivity index (χ0v) is 15.3. The molecule has 1 aromatic heterocycles.